The highest BCUT2D eigenvalue weighted by molar-refractivity contribution is 5.78. The van der Waals surface area contributed by atoms with Crippen molar-refractivity contribution in [2.75, 3.05) is 19.7 Å². The molecule has 128 valence electrons. The van der Waals surface area contributed by atoms with Crippen LogP contribution in [0.4, 0.5) is 8.78 Å². The number of amides is 1. The number of likely N-dealkylation sites (tertiary alicyclic amines) is 1. The second kappa shape index (κ2) is 8.36. The van der Waals surface area contributed by atoms with Crippen molar-refractivity contribution in [1.82, 2.24) is 10.2 Å². The summed E-state index contributed by atoms with van der Waals surface area (Å²) in [7, 11) is 0. The van der Waals surface area contributed by atoms with Gasteiger partial charge < -0.3 is 10.4 Å². The lowest BCUT2D eigenvalue weighted by molar-refractivity contribution is -0.124. The summed E-state index contributed by atoms with van der Waals surface area (Å²) in [6.07, 6.45) is 3.05. The van der Waals surface area contributed by atoms with Crippen molar-refractivity contribution in [3.8, 4) is 0 Å². The minimum atomic E-state index is -0.593. The van der Waals surface area contributed by atoms with Crippen molar-refractivity contribution < 1.29 is 18.7 Å². The summed E-state index contributed by atoms with van der Waals surface area (Å²) in [5.74, 6) is -1.37. The summed E-state index contributed by atoms with van der Waals surface area (Å²) < 4.78 is 27.0. The molecule has 0 spiro atoms. The number of carbonyl (C=O) groups excluding carboxylic acids is 1. The molecule has 4 nitrogen and oxygen atoms in total. The summed E-state index contributed by atoms with van der Waals surface area (Å²) in [4.78, 5) is 14.1. The largest absolute Gasteiger partial charge is 0.395 e. The summed E-state index contributed by atoms with van der Waals surface area (Å²) in [5, 5.41) is 12.1. The standard InChI is InChI=1S/C17H24F2N2O2/c1-12-4-2-5-13(11-22)21(12)10-17(23)20-9-8-14-15(18)6-3-7-16(14)19/h3,6-7,12-13,22H,2,4-5,8-11H2,1H3,(H,20,23). The number of hydrogen-bond acceptors (Lipinski definition) is 3. The molecule has 1 saturated heterocycles. The molecule has 0 saturated carbocycles. The van der Waals surface area contributed by atoms with E-state index in [4.69, 9.17) is 0 Å². The minimum Gasteiger partial charge on any atom is -0.395 e. The third kappa shape index (κ3) is 4.72. The SMILES string of the molecule is CC1CCCC(CO)N1CC(=O)NCCc1c(F)cccc1F. The van der Waals surface area contributed by atoms with E-state index in [2.05, 4.69) is 5.32 Å². The zero-order chi connectivity index (χ0) is 16.8. The normalized spacial score (nSPS) is 22.1. The quantitative estimate of drug-likeness (QED) is 0.839. The van der Waals surface area contributed by atoms with Gasteiger partial charge in [0.15, 0.2) is 0 Å². The van der Waals surface area contributed by atoms with Gasteiger partial charge in [-0.1, -0.05) is 12.5 Å². The van der Waals surface area contributed by atoms with E-state index in [0.29, 0.717) is 0 Å². The molecule has 1 heterocycles. The molecule has 2 rings (SSSR count). The van der Waals surface area contributed by atoms with Gasteiger partial charge in [0.2, 0.25) is 5.91 Å². The molecule has 6 heteroatoms. The Balaban J connectivity index is 1.83. The van der Waals surface area contributed by atoms with Gasteiger partial charge in [-0.15, -0.1) is 0 Å². The molecular formula is C17H24F2N2O2. The smallest absolute Gasteiger partial charge is 0.234 e. The van der Waals surface area contributed by atoms with Gasteiger partial charge in [-0.2, -0.15) is 0 Å². The Kier molecular flexibility index (Phi) is 6.47. The molecule has 0 aromatic heterocycles. The molecule has 2 unspecified atom stereocenters. The number of aliphatic hydroxyl groups excluding tert-OH is 1. The number of nitrogens with one attached hydrogen (secondary N) is 1. The van der Waals surface area contributed by atoms with Gasteiger partial charge >= 0.3 is 0 Å². The first kappa shape index (κ1) is 17.8. The molecule has 1 aliphatic heterocycles. The number of benzene rings is 1. The summed E-state index contributed by atoms with van der Waals surface area (Å²) in [5.41, 5.74) is -0.00706. The van der Waals surface area contributed by atoms with Crippen molar-refractivity contribution >= 4 is 5.91 Å². The monoisotopic (exact) mass is 326 g/mol. The molecule has 0 radical (unpaired) electrons. The summed E-state index contributed by atoms with van der Waals surface area (Å²) in [6.45, 7) is 2.47. The van der Waals surface area contributed by atoms with E-state index in [0.717, 1.165) is 19.3 Å². The second-order valence-electron chi connectivity index (χ2n) is 6.09. The van der Waals surface area contributed by atoms with Crippen LogP contribution < -0.4 is 5.32 Å². The van der Waals surface area contributed by atoms with Crippen molar-refractivity contribution in [3.63, 3.8) is 0 Å². The number of halogens is 2. The van der Waals surface area contributed by atoms with Gasteiger partial charge in [-0.3, -0.25) is 9.69 Å². The van der Waals surface area contributed by atoms with Crippen LogP contribution in [-0.2, 0) is 11.2 Å². The average molecular weight is 326 g/mol. The molecule has 1 aromatic carbocycles. The Morgan fingerprint density at radius 2 is 2.04 bits per heavy atom. The molecule has 23 heavy (non-hydrogen) atoms. The molecule has 1 amide bonds. The predicted octanol–water partition coefficient (Wildman–Crippen LogP) is 1.86. The zero-order valence-electron chi connectivity index (χ0n) is 13.4. The molecule has 0 bridgehead atoms. The lowest BCUT2D eigenvalue weighted by Gasteiger charge is -2.39. The number of aliphatic hydroxyl groups is 1. The highest BCUT2D eigenvalue weighted by Crippen LogP contribution is 2.22. The topological polar surface area (TPSA) is 52.6 Å². The third-order valence-corrected chi connectivity index (χ3v) is 4.49. The number of hydrogen-bond donors (Lipinski definition) is 2. The van der Waals surface area contributed by atoms with Crippen LogP contribution in [0.3, 0.4) is 0 Å². The molecule has 2 N–H and O–H groups in total. The van der Waals surface area contributed by atoms with Crippen LogP contribution >= 0.6 is 0 Å². The van der Waals surface area contributed by atoms with E-state index in [1.54, 1.807) is 0 Å². The van der Waals surface area contributed by atoms with Gasteiger partial charge in [0.25, 0.3) is 0 Å². The lowest BCUT2D eigenvalue weighted by atomic mass is 9.97. The first-order valence-electron chi connectivity index (χ1n) is 8.09. The predicted molar refractivity (Wildman–Crippen MR) is 84.0 cm³/mol. The summed E-state index contributed by atoms with van der Waals surface area (Å²) >= 11 is 0. The van der Waals surface area contributed by atoms with E-state index >= 15 is 0 Å². The third-order valence-electron chi connectivity index (χ3n) is 4.49. The van der Waals surface area contributed by atoms with Crippen molar-refractivity contribution in [1.29, 1.82) is 0 Å². The number of piperidine rings is 1. The van der Waals surface area contributed by atoms with Crippen LogP contribution in [0.25, 0.3) is 0 Å². The summed E-state index contributed by atoms with van der Waals surface area (Å²) in [6, 6.07) is 3.99. The van der Waals surface area contributed by atoms with Crippen LogP contribution in [0.2, 0.25) is 0 Å². The molecular weight excluding hydrogens is 302 g/mol. The highest BCUT2D eigenvalue weighted by atomic mass is 19.1. The Bertz CT molecular complexity index is 519. The molecule has 1 aromatic rings. The van der Waals surface area contributed by atoms with Gasteiger partial charge in [0.05, 0.1) is 13.2 Å². The van der Waals surface area contributed by atoms with Gasteiger partial charge in [0, 0.05) is 24.2 Å². The van der Waals surface area contributed by atoms with E-state index < -0.39 is 11.6 Å². The van der Waals surface area contributed by atoms with E-state index in [1.165, 1.54) is 18.2 Å². The molecule has 2 atom stereocenters. The van der Waals surface area contributed by atoms with Gasteiger partial charge in [-0.25, -0.2) is 8.78 Å². The maximum absolute atomic E-state index is 13.5. The second-order valence-corrected chi connectivity index (χ2v) is 6.09. The Morgan fingerprint density at radius 1 is 1.35 bits per heavy atom. The van der Waals surface area contributed by atoms with Crippen LogP contribution in [0, 0.1) is 11.6 Å². The molecule has 1 aliphatic rings. The van der Waals surface area contributed by atoms with E-state index in [-0.39, 0.29) is 49.7 Å². The average Bonchev–Trinajstić information content (AvgIpc) is 2.52. The fourth-order valence-corrected chi connectivity index (χ4v) is 3.14. The van der Waals surface area contributed by atoms with Crippen LogP contribution in [-0.4, -0.2) is 47.7 Å². The fraction of sp³-hybridized carbons (Fsp3) is 0.588. The first-order chi connectivity index (χ1) is 11.0. The van der Waals surface area contributed by atoms with E-state index in [9.17, 15) is 18.7 Å². The van der Waals surface area contributed by atoms with Crippen molar-refractivity contribution in [2.24, 2.45) is 0 Å². The van der Waals surface area contributed by atoms with Gasteiger partial charge in [0.1, 0.15) is 11.6 Å². The van der Waals surface area contributed by atoms with Gasteiger partial charge in [-0.05, 0) is 38.3 Å². The molecule has 0 aliphatic carbocycles. The Morgan fingerprint density at radius 3 is 2.70 bits per heavy atom. The van der Waals surface area contributed by atoms with Crippen LogP contribution in [0.15, 0.2) is 18.2 Å². The highest BCUT2D eigenvalue weighted by Gasteiger charge is 2.28. The Hall–Kier alpha value is -1.53. The zero-order valence-corrected chi connectivity index (χ0v) is 13.4. The maximum atomic E-state index is 13.5. The van der Waals surface area contributed by atoms with Crippen molar-refractivity contribution in [3.05, 3.63) is 35.4 Å². The van der Waals surface area contributed by atoms with Crippen molar-refractivity contribution in [2.45, 2.75) is 44.7 Å². The number of carbonyl (C=O) groups is 1. The fourth-order valence-electron chi connectivity index (χ4n) is 3.14. The van der Waals surface area contributed by atoms with E-state index in [1.807, 2.05) is 11.8 Å². The minimum absolute atomic E-state index is 0.00706. The molecule has 1 fully saturated rings. The number of nitrogens with zero attached hydrogens (tertiary/aromatic N) is 1. The lowest BCUT2D eigenvalue weighted by Crippen LogP contribution is -2.51. The number of rotatable bonds is 6. The van der Waals surface area contributed by atoms with Crippen LogP contribution in [0.5, 0.6) is 0 Å². The first-order valence-corrected chi connectivity index (χ1v) is 8.09. The van der Waals surface area contributed by atoms with Crippen LogP contribution in [0.1, 0.15) is 31.7 Å². The maximum Gasteiger partial charge on any atom is 0.234 e. The Labute approximate surface area is 135 Å².